The van der Waals surface area contributed by atoms with Crippen LogP contribution in [0.2, 0.25) is 0 Å². The van der Waals surface area contributed by atoms with Crippen molar-refractivity contribution in [1.29, 1.82) is 0 Å². The molecule has 0 atom stereocenters. The van der Waals surface area contributed by atoms with Gasteiger partial charge < -0.3 is 14.4 Å². The molecule has 1 aromatic heterocycles. The summed E-state index contributed by atoms with van der Waals surface area (Å²) in [6.45, 7) is 1.17. The van der Waals surface area contributed by atoms with Gasteiger partial charge >= 0.3 is 0 Å². The molecule has 0 radical (unpaired) electrons. The van der Waals surface area contributed by atoms with Gasteiger partial charge in [0.2, 0.25) is 5.91 Å². The maximum atomic E-state index is 12.9. The summed E-state index contributed by atoms with van der Waals surface area (Å²) in [7, 11) is 3.04. The third-order valence-electron chi connectivity index (χ3n) is 5.12. The first-order chi connectivity index (χ1) is 13.6. The van der Waals surface area contributed by atoms with Crippen LogP contribution in [0, 0.1) is 0 Å². The van der Waals surface area contributed by atoms with Crippen molar-refractivity contribution in [2.24, 2.45) is 0 Å². The zero-order chi connectivity index (χ0) is 19.7. The number of amides is 1. The van der Waals surface area contributed by atoms with Crippen LogP contribution in [0.5, 0.6) is 11.5 Å². The van der Waals surface area contributed by atoms with Gasteiger partial charge in [0.05, 0.1) is 31.4 Å². The molecule has 4 rings (SSSR count). The van der Waals surface area contributed by atoms with E-state index in [4.69, 9.17) is 9.47 Å². The second-order valence-corrected chi connectivity index (χ2v) is 6.74. The average Bonchev–Trinajstić information content (AvgIpc) is 2.74. The number of hydrogen-bond acceptors (Lipinski definition) is 5. The summed E-state index contributed by atoms with van der Waals surface area (Å²) < 4.78 is 11.9. The van der Waals surface area contributed by atoms with Gasteiger partial charge in [-0.1, -0.05) is 24.3 Å². The Morgan fingerprint density at radius 3 is 2.57 bits per heavy atom. The number of aromatic nitrogens is 2. The van der Waals surface area contributed by atoms with Crippen LogP contribution in [0.1, 0.15) is 11.1 Å². The van der Waals surface area contributed by atoms with Crippen molar-refractivity contribution in [3.05, 3.63) is 64.2 Å². The molecule has 0 saturated carbocycles. The van der Waals surface area contributed by atoms with E-state index in [1.54, 1.807) is 17.0 Å². The normalized spacial score (nSPS) is 13.3. The topological polar surface area (TPSA) is 73.7 Å². The second kappa shape index (κ2) is 7.34. The van der Waals surface area contributed by atoms with Gasteiger partial charge in [-0.25, -0.2) is 4.98 Å². The average molecular weight is 379 g/mol. The molecular weight excluding hydrogens is 358 g/mol. The van der Waals surface area contributed by atoms with Crippen molar-refractivity contribution in [2.75, 3.05) is 20.8 Å². The monoisotopic (exact) mass is 379 g/mol. The van der Waals surface area contributed by atoms with Gasteiger partial charge in [0.1, 0.15) is 6.54 Å². The standard InChI is InChI=1S/C21H21N3O4/c1-27-18-9-16-17(10-19(18)28-2)22-13-24(21(16)26)12-20(25)23-8-7-14-5-3-4-6-15(14)11-23/h3-6,9-10,13H,7-8,11-12H2,1-2H3. The molecule has 7 heteroatoms. The van der Waals surface area contributed by atoms with E-state index in [1.807, 2.05) is 18.2 Å². The zero-order valence-corrected chi connectivity index (χ0v) is 15.8. The molecule has 0 N–H and O–H groups in total. The van der Waals surface area contributed by atoms with Crippen LogP contribution in [0.25, 0.3) is 10.9 Å². The fourth-order valence-electron chi connectivity index (χ4n) is 3.55. The van der Waals surface area contributed by atoms with E-state index in [2.05, 4.69) is 11.1 Å². The molecule has 0 bridgehead atoms. The van der Waals surface area contributed by atoms with Gasteiger partial charge in [-0.05, 0) is 23.6 Å². The van der Waals surface area contributed by atoms with E-state index in [-0.39, 0.29) is 18.0 Å². The summed E-state index contributed by atoms with van der Waals surface area (Å²) in [6, 6.07) is 11.4. The highest BCUT2D eigenvalue weighted by molar-refractivity contribution is 5.82. The fraction of sp³-hybridized carbons (Fsp3) is 0.286. The number of carbonyl (C=O) groups is 1. The Morgan fingerprint density at radius 2 is 1.82 bits per heavy atom. The highest BCUT2D eigenvalue weighted by Gasteiger charge is 2.21. The lowest BCUT2D eigenvalue weighted by atomic mass is 10.00. The van der Waals surface area contributed by atoms with Crippen molar-refractivity contribution in [2.45, 2.75) is 19.5 Å². The number of benzene rings is 2. The molecular formula is C21H21N3O4. The first kappa shape index (κ1) is 18.0. The largest absolute Gasteiger partial charge is 0.493 e. The molecule has 2 heterocycles. The van der Waals surface area contributed by atoms with Crippen LogP contribution in [0.3, 0.4) is 0 Å². The van der Waals surface area contributed by atoms with E-state index in [9.17, 15) is 9.59 Å². The van der Waals surface area contributed by atoms with Crippen molar-refractivity contribution >= 4 is 16.8 Å². The Hall–Kier alpha value is -3.35. The summed E-state index contributed by atoms with van der Waals surface area (Å²) in [5.74, 6) is 0.853. The van der Waals surface area contributed by atoms with Gasteiger partial charge in [-0.3, -0.25) is 14.2 Å². The molecule has 2 aromatic carbocycles. The summed E-state index contributed by atoms with van der Waals surface area (Å²) in [4.78, 5) is 31.8. The van der Waals surface area contributed by atoms with E-state index in [0.717, 1.165) is 12.0 Å². The first-order valence-corrected chi connectivity index (χ1v) is 9.06. The van der Waals surface area contributed by atoms with Crippen LogP contribution >= 0.6 is 0 Å². The Labute approximate surface area is 162 Å². The summed E-state index contributed by atoms with van der Waals surface area (Å²) in [5, 5.41) is 0.386. The molecule has 144 valence electrons. The number of carbonyl (C=O) groups excluding carboxylic acids is 1. The molecule has 1 aliphatic rings. The SMILES string of the molecule is COc1cc2ncn(CC(=O)N3CCc4ccccc4C3)c(=O)c2cc1OC. The van der Waals surface area contributed by atoms with E-state index >= 15 is 0 Å². The zero-order valence-electron chi connectivity index (χ0n) is 15.8. The molecule has 0 fully saturated rings. The molecule has 0 spiro atoms. The van der Waals surface area contributed by atoms with Crippen LogP contribution in [-0.4, -0.2) is 41.1 Å². The minimum absolute atomic E-state index is 0.0434. The van der Waals surface area contributed by atoms with Crippen LogP contribution in [0.15, 0.2) is 47.5 Å². The van der Waals surface area contributed by atoms with Gasteiger partial charge in [0.15, 0.2) is 11.5 Å². The quantitative estimate of drug-likeness (QED) is 0.693. The minimum Gasteiger partial charge on any atom is -0.493 e. The van der Waals surface area contributed by atoms with Crippen molar-refractivity contribution in [3.8, 4) is 11.5 Å². The fourth-order valence-corrected chi connectivity index (χ4v) is 3.55. The Bertz CT molecular complexity index is 1110. The lowest BCUT2D eigenvalue weighted by Crippen LogP contribution is -2.39. The predicted molar refractivity (Wildman–Crippen MR) is 105 cm³/mol. The second-order valence-electron chi connectivity index (χ2n) is 6.74. The number of fused-ring (bicyclic) bond motifs is 2. The highest BCUT2D eigenvalue weighted by Crippen LogP contribution is 2.29. The smallest absolute Gasteiger partial charge is 0.261 e. The van der Waals surface area contributed by atoms with Gasteiger partial charge in [-0.15, -0.1) is 0 Å². The lowest BCUT2D eigenvalue weighted by Gasteiger charge is -2.29. The maximum absolute atomic E-state index is 12.9. The predicted octanol–water partition coefficient (Wildman–Crippen LogP) is 2.00. The third-order valence-corrected chi connectivity index (χ3v) is 5.12. The first-order valence-electron chi connectivity index (χ1n) is 9.06. The number of methoxy groups -OCH3 is 2. The molecule has 0 aliphatic carbocycles. The van der Waals surface area contributed by atoms with Crippen LogP contribution in [0.4, 0.5) is 0 Å². The minimum atomic E-state index is -0.281. The Morgan fingerprint density at radius 1 is 1.11 bits per heavy atom. The molecule has 1 aliphatic heterocycles. The number of hydrogen-bond donors (Lipinski definition) is 0. The highest BCUT2D eigenvalue weighted by atomic mass is 16.5. The Balaban J connectivity index is 1.60. The van der Waals surface area contributed by atoms with Crippen molar-refractivity contribution in [1.82, 2.24) is 14.5 Å². The van der Waals surface area contributed by atoms with Crippen molar-refractivity contribution < 1.29 is 14.3 Å². The number of ether oxygens (including phenoxy) is 2. The molecule has 7 nitrogen and oxygen atoms in total. The van der Waals surface area contributed by atoms with Crippen LogP contribution < -0.4 is 15.0 Å². The Kier molecular flexibility index (Phi) is 4.73. The van der Waals surface area contributed by atoms with Crippen LogP contribution in [-0.2, 0) is 24.3 Å². The lowest BCUT2D eigenvalue weighted by molar-refractivity contribution is -0.132. The van der Waals surface area contributed by atoms with Gasteiger partial charge in [-0.2, -0.15) is 0 Å². The molecule has 1 amide bonds. The van der Waals surface area contributed by atoms with E-state index in [0.29, 0.717) is 35.5 Å². The molecule has 28 heavy (non-hydrogen) atoms. The van der Waals surface area contributed by atoms with Gasteiger partial charge in [0, 0.05) is 19.2 Å². The van der Waals surface area contributed by atoms with E-state index < -0.39 is 0 Å². The van der Waals surface area contributed by atoms with E-state index in [1.165, 1.54) is 30.7 Å². The summed E-state index contributed by atoms with van der Waals surface area (Å²) in [5.41, 5.74) is 2.65. The molecule has 3 aromatic rings. The third kappa shape index (κ3) is 3.19. The number of nitrogens with zero attached hydrogens (tertiary/aromatic N) is 3. The molecule has 0 saturated heterocycles. The maximum Gasteiger partial charge on any atom is 0.261 e. The number of rotatable bonds is 4. The summed E-state index contributed by atoms with van der Waals surface area (Å²) >= 11 is 0. The van der Waals surface area contributed by atoms with Crippen molar-refractivity contribution in [3.63, 3.8) is 0 Å². The van der Waals surface area contributed by atoms with Gasteiger partial charge in [0.25, 0.3) is 5.56 Å². The summed E-state index contributed by atoms with van der Waals surface area (Å²) in [6.07, 6.45) is 2.23. The molecule has 0 unspecified atom stereocenters.